The maximum Gasteiger partial charge on any atom is 0.305 e. The average molecular weight is 403 g/mol. The number of amides is 1. The lowest BCUT2D eigenvalue weighted by Gasteiger charge is -2.12. The molecule has 1 amide bonds. The lowest BCUT2D eigenvalue weighted by Crippen LogP contribution is -2.12. The highest BCUT2D eigenvalue weighted by Crippen LogP contribution is 2.24. The van der Waals surface area contributed by atoms with Crippen molar-refractivity contribution in [2.24, 2.45) is 0 Å². The van der Waals surface area contributed by atoms with Crippen molar-refractivity contribution in [1.82, 2.24) is 0 Å². The largest absolute Gasteiger partial charge is 0.491 e. The molecule has 0 aliphatic rings. The summed E-state index contributed by atoms with van der Waals surface area (Å²) in [4.78, 5) is 23.2. The van der Waals surface area contributed by atoms with E-state index < -0.39 is 0 Å². The van der Waals surface area contributed by atoms with E-state index in [-0.39, 0.29) is 11.9 Å². The van der Waals surface area contributed by atoms with Crippen LogP contribution in [0.1, 0.15) is 77.0 Å². The molecule has 1 aromatic carbocycles. The van der Waals surface area contributed by atoms with Crippen molar-refractivity contribution in [3.63, 3.8) is 0 Å². The summed E-state index contributed by atoms with van der Waals surface area (Å²) in [7, 11) is 1.42. The number of carbonyl (C=O) groups is 2. The first-order chi connectivity index (χ1) is 14.2. The molecule has 1 rings (SSSR count). The summed E-state index contributed by atoms with van der Waals surface area (Å²) in [5.74, 6) is 0.517. The van der Waals surface area contributed by atoms with E-state index in [0.29, 0.717) is 43.7 Å². The lowest BCUT2D eigenvalue weighted by atomic mass is 10.1. The molecule has 0 unspecified atom stereocenters. The van der Waals surface area contributed by atoms with E-state index in [4.69, 9.17) is 10.00 Å². The maximum absolute atomic E-state index is 12.2. The Morgan fingerprint density at radius 3 is 2.21 bits per heavy atom. The summed E-state index contributed by atoms with van der Waals surface area (Å²) < 4.78 is 10.3. The van der Waals surface area contributed by atoms with Crippen LogP contribution in [0.4, 0.5) is 5.69 Å². The molecule has 0 bridgehead atoms. The standard InChI is InChI=1S/C23H34N2O4/c1-28-23(27)17-9-7-5-3-2-4-6-8-16-22(26)25-20-14-10-11-15-21(20)29-19-13-12-18-24/h10-11,14-15H,2-9,12-13,16-17,19H2,1H3,(H,25,26). The Bertz CT molecular complexity index is 640. The van der Waals surface area contributed by atoms with Crippen molar-refractivity contribution in [3.8, 4) is 11.8 Å². The number of hydrogen-bond donors (Lipinski definition) is 1. The van der Waals surface area contributed by atoms with Gasteiger partial charge in [-0.25, -0.2) is 0 Å². The third-order valence-electron chi connectivity index (χ3n) is 4.61. The molecule has 0 radical (unpaired) electrons. The normalized spacial score (nSPS) is 10.2. The highest BCUT2D eigenvalue weighted by molar-refractivity contribution is 5.92. The number of nitriles is 1. The fourth-order valence-corrected chi connectivity index (χ4v) is 2.96. The van der Waals surface area contributed by atoms with Gasteiger partial charge in [-0.05, 0) is 31.4 Å². The molecule has 6 nitrogen and oxygen atoms in total. The second kappa shape index (κ2) is 16.4. The molecule has 0 spiro atoms. The number of anilines is 1. The van der Waals surface area contributed by atoms with Gasteiger partial charge in [-0.3, -0.25) is 9.59 Å². The van der Waals surface area contributed by atoms with E-state index in [1.54, 1.807) is 0 Å². The summed E-state index contributed by atoms with van der Waals surface area (Å²) in [5, 5.41) is 11.5. The van der Waals surface area contributed by atoms with Gasteiger partial charge in [0.1, 0.15) is 5.75 Å². The Labute approximate surface area is 174 Å². The lowest BCUT2D eigenvalue weighted by molar-refractivity contribution is -0.140. The summed E-state index contributed by atoms with van der Waals surface area (Å²) in [6, 6.07) is 9.48. The molecule has 0 saturated carbocycles. The van der Waals surface area contributed by atoms with Gasteiger partial charge >= 0.3 is 5.97 Å². The Morgan fingerprint density at radius 2 is 1.55 bits per heavy atom. The van der Waals surface area contributed by atoms with Crippen molar-refractivity contribution in [1.29, 1.82) is 5.26 Å². The minimum Gasteiger partial charge on any atom is -0.491 e. The second-order valence-corrected chi connectivity index (χ2v) is 7.06. The number of unbranched alkanes of at least 4 members (excludes halogenated alkanes) is 8. The number of carbonyl (C=O) groups excluding carboxylic acids is 2. The van der Waals surface area contributed by atoms with Gasteiger partial charge in [0, 0.05) is 19.3 Å². The zero-order valence-electron chi connectivity index (χ0n) is 17.6. The summed E-state index contributed by atoms with van der Waals surface area (Å²) in [6.07, 6.45) is 10.6. The van der Waals surface area contributed by atoms with Crippen molar-refractivity contribution in [3.05, 3.63) is 24.3 Å². The quantitative estimate of drug-likeness (QED) is 0.296. The molecular formula is C23H34N2O4. The molecule has 0 heterocycles. The van der Waals surface area contributed by atoms with Crippen molar-refractivity contribution in [2.45, 2.75) is 77.0 Å². The van der Waals surface area contributed by atoms with Gasteiger partial charge in [-0.15, -0.1) is 0 Å². The van der Waals surface area contributed by atoms with Gasteiger partial charge in [-0.2, -0.15) is 5.26 Å². The first-order valence-electron chi connectivity index (χ1n) is 10.6. The molecule has 160 valence electrons. The van der Waals surface area contributed by atoms with E-state index in [9.17, 15) is 9.59 Å². The minimum absolute atomic E-state index is 0.000820. The number of rotatable bonds is 16. The summed E-state index contributed by atoms with van der Waals surface area (Å²) in [6.45, 7) is 0.461. The van der Waals surface area contributed by atoms with Gasteiger partial charge < -0.3 is 14.8 Å². The molecule has 0 aliphatic carbocycles. The first kappa shape index (κ1) is 24.5. The van der Waals surface area contributed by atoms with Crippen LogP contribution < -0.4 is 10.1 Å². The molecule has 0 fully saturated rings. The highest BCUT2D eigenvalue weighted by atomic mass is 16.5. The van der Waals surface area contributed by atoms with Crippen LogP contribution in [0.2, 0.25) is 0 Å². The van der Waals surface area contributed by atoms with E-state index in [0.717, 1.165) is 38.5 Å². The van der Waals surface area contributed by atoms with Gasteiger partial charge in [-0.1, -0.05) is 50.7 Å². The minimum atomic E-state index is -0.128. The van der Waals surface area contributed by atoms with Crippen LogP contribution >= 0.6 is 0 Å². The number of hydrogen-bond acceptors (Lipinski definition) is 5. The fourth-order valence-electron chi connectivity index (χ4n) is 2.96. The number of esters is 1. The van der Waals surface area contributed by atoms with Crippen molar-refractivity contribution in [2.75, 3.05) is 19.0 Å². The van der Waals surface area contributed by atoms with Crippen molar-refractivity contribution < 1.29 is 19.1 Å². The topological polar surface area (TPSA) is 88.4 Å². The second-order valence-electron chi connectivity index (χ2n) is 7.06. The van der Waals surface area contributed by atoms with E-state index in [2.05, 4.69) is 16.1 Å². The smallest absolute Gasteiger partial charge is 0.305 e. The SMILES string of the molecule is COC(=O)CCCCCCCCCCC(=O)Nc1ccccc1OCCCC#N. The molecule has 1 aromatic rings. The molecule has 0 atom stereocenters. The van der Waals surface area contributed by atoms with Crippen molar-refractivity contribution >= 4 is 17.6 Å². The van der Waals surface area contributed by atoms with E-state index >= 15 is 0 Å². The Balaban J connectivity index is 2.10. The maximum atomic E-state index is 12.2. The Kier molecular flexibility index (Phi) is 13.9. The van der Waals surface area contributed by atoms with Gasteiger partial charge in [0.25, 0.3) is 0 Å². The van der Waals surface area contributed by atoms with Crippen LogP contribution in [0.25, 0.3) is 0 Å². The molecular weight excluding hydrogens is 368 g/mol. The molecule has 0 saturated heterocycles. The van der Waals surface area contributed by atoms with E-state index in [1.807, 2.05) is 24.3 Å². The summed E-state index contributed by atoms with van der Waals surface area (Å²) >= 11 is 0. The molecule has 1 N–H and O–H groups in total. The average Bonchev–Trinajstić information content (AvgIpc) is 2.73. The van der Waals surface area contributed by atoms with Crippen LogP contribution in [0.3, 0.4) is 0 Å². The third kappa shape index (κ3) is 12.5. The van der Waals surface area contributed by atoms with Crippen LogP contribution in [0.15, 0.2) is 24.3 Å². The molecule has 6 heteroatoms. The number of nitrogens with zero attached hydrogens (tertiary/aromatic N) is 1. The van der Waals surface area contributed by atoms with Gasteiger partial charge in [0.15, 0.2) is 0 Å². The molecule has 0 aromatic heterocycles. The summed E-state index contributed by atoms with van der Waals surface area (Å²) in [5.41, 5.74) is 0.682. The molecule has 29 heavy (non-hydrogen) atoms. The van der Waals surface area contributed by atoms with Gasteiger partial charge in [0.05, 0.1) is 25.5 Å². The zero-order chi connectivity index (χ0) is 21.2. The monoisotopic (exact) mass is 402 g/mol. The predicted octanol–water partition coefficient (Wildman–Crippen LogP) is 5.38. The van der Waals surface area contributed by atoms with Gasteiger partial charge in [0.2, 0.25) is 5.91 Å². The Hall–Kier alpha value is -2.55. The van der Waals surface area contributed by atoms with Crippen LogP contribution in [-0.2, 0) is 14.3 Å². The van der Waals surface area contributed by atoms with Crippen LogP contribution in [-0.4, -0.2) is 25.6 Å². The van der Waals surface area contributed by atoms with E-state index in [1.165, 1.54) is 20.0 Å². The highest BCUT2D eigenvalue weighted by Gasteiger charge is 2.07. The van der Waals surface area contributed by atoms with Crippen LogP contribution in [0, 0.1) is 11.3 Å². The number of methoxy groups -OCH3 is 1. The zero-order valence-corrected chi connectivity index (χ0v) is 17.6. The predicted molar refractivity (Wildman–Crippen MR) is 114 cm³/mol. The number of benzene rings is 1. The third-order valence-corrected chi connectivity index (χ3v) is 4.61. The number of ether oxygens (including phenoxy) is 2. The fraction of sp³-hybridized carbons (Fsp3) is 0.609. The number of para-hydroxylation sites is 2. The molecule has 0 aliphatic heterocycles. The Morgan fingerprint density at radius 1 is 0.931 bits per heavy atom. The number of nitrogens with one attached hydrogen (secondary N) is 1. The first-order valence-corrected chi connectivity index (χ1v) is 10.6. The van der Waals surface area contributed by atoms with Crippen LogP contribution in [0.5, 0.6) is 5.75 Å².